The lowest BCUT2D eigenvalue weighted by molar-refractivity contribution is 0.0746. The number of hydrogen-bond acceptors (Lipinski definition) is 3. The zero-order valence-corrected chi connectivity index (χ0v) is 10.4. The summed E-state index contributed by atoms with van der Waals surface area (Å²) in [6.07, 6.45) is 1.65. The van der Waals surface area contributed by atoms with Crippen LogP contribution >= 0.6 is 27.3 Å². The molecule has 2 nitrogen and oxygen atoms in total. The van der Waals surface area contributed by atoms with E-state index < -0.39 is 0 Å². The normalized spacial score (nSPS) is 25.5. The van der Waals surface area contributed by atoms with E-state index in [0.29, 0.717) is 5.92 Å². The van der Waals surface area contributed by atoms with Crippen molar-refractivity contribution >= 4 is 37.5 Å². The van der Waals surface area contributed by atoms with E-state index in [1.807, 2.05) is 12.1 Å². The SMILES string of the molecule is O[C@H]1C[C@@H](c2nc3ccc(Br)cc3s2)C1. The Morgan fingerprint density at radius 3 is 2.93 bits per heavy atom. The number of halogens is 1. The predicted octanol–water partition coefficient (Wildman–Crippen LogP) is 3.30. The van der Waals surface area contributed by atoms with E-state index in [1.54, 1.807) is 11.3 Å². The van der Waals surface area contributed by atoms with E-state index >= 15 is 0 Å². The van der Waals surface area contributed by atoms with Crippen LogP contribution in [0.4, 0.5) is 0 Å². The molecule has 1 heterocycles. The van der Waals surface area contributed by atoms with Gasteiger partial charge < -0.3 is 5.11 Å². The molecule has 1 aliphatic carbocycles. The van der Waals surface area contributed by atoms with Crippen molar-refractivity contribution in [1.29, 1.82) is 0 Å². The summed E-state index contributed by atoms with van der Waals surface area (Å²) in [4.78, 5) is 4.60. The van der Waals surface area contributed by atoms with E-state index in [9.17, 15) is 5.11 Å². The van der Waals surface area contributed by atoms with Gasteiger partial charge in [-0.1, -0.05) is 15.9 Å². The molecule has 1 aliphatic rings. The second kappa shape index (κ2) is 3.54. The van der Waals surface area contributed by atoms with Crippen molar-refractivity contribution in [3.63, 3.8) is 0 Å². The summed E-state index contributed by atoms with van der Waals surface area (Å²) in [6.45, 7) is 0. The summed E-state index contributed by atoms with van der Waals surface area (Å²) in [5, 5.41) is 10.4. The Morgan fingerprint density at radius 2 is 2.20 bits per heavy atom. The van der Waals surface area contributed by atoms with Crippen LogP contribution in [0.15, 0.2) is 22.7 Å². The minimum absolute atomic E-state index is 0.103. The van der Waals surface area contributed by atoms with E-state index in [1.165, 1.54) is 9.71 Å². The Kier molecular flexibility index (Phi) is 2.30. The summed E-state index contributed by atoms with van der Waals surface area (Å²) in [7, 11) is 0. The van der Waals surface area contributed by atoms with Crippen molar-refractivity contribution < 1.29 is 5.11 Å². The van der Waals surface area contributed by atoms with Crippen molar-refractivity contribution in [2.45, 2.75) is 24.9 Å². The first-order chi connectivity index (χ1) is 7.22. The molecule has 2 aromatic rings. The third kappa shape index (κ3) is 1.71. The first-order valence-corrected chi connectivity index (χ1v) is 6.57. The summed E-state index contributed by atoms with van der Waals surface area (Å²) >= 11 is 5.20. The number of aliphatic hydroxyl groups is 1. The zero-order chi connectivity index (χ0) is 10.4. The molecule has 0 unspecified atom stereocenters. The molecule has 15 heavy (non-hydrogen) atoms. The third-order valence-electron chi connectivity index (χ3n) is 2.83. The van der Waals surface area contributed by atoms with Crippen LogP contribution in [0.2, 0.25) is 0 Å². The molecule has 0 amide bonds. The lowest BCUT2D eigenvalue weighted by Crippen LogP contribution is -2.26. The highest BCUT2D eigenvalue weighted by Crippen LogP contribution is 2.40. The van der Waals surface area contributed by atoms with E-state index in [-0.39, 0.29) is 6.10 Å². The highest BCUT2D eigenvalue weighted by atomic mass is 79.9. The van der Waals surface area contributed by atoms with Crippen molar-refractivity contribution in [1.82, 2.24) is 4.98 Å². The van der Waals surface area contributed by atoms with E-state index in [2.05, 4.69) is 27.0 Å². The number of fused-ring (bicyclic) bond motifs is 1. The first-order valence-electron chi connectivity index (χ1n) is 4.96. The average Bonchev–Trinajstić information content (AvgIpc) is 2.55. The molecule has 0 saturated heterocycles. The molecule has 1 N–H and O–H groups in total. The number of hydrogen-bond donors (Lipinski definition) is 1. The summed E-state index contributed by atoms with van der Waals surface area (Å²) < 4.78 is 2.32. The predicted molar refractivity (Wildman–Crippen MR) is 65.3 cm³/mol. The summed E-state index contributed by atoms with van der Waals surface area (Å²) in [6, 6.07) is 6.15. The Bertz CT molecular complexity index is 504. The molecule has 1 saturated carbocycles. The Balaban J connectivity index is 1.99. The zero-order valence-electron chi connectivity index (χ0n) is 7.98. The monoisotopic (exact) mass is 283 g/mol. The van der Waals surface area contributed by atoms with Crippen LogP contribution in [-0.2, 0) is 0 Å². The molecule has 1 aromatic carbocycles. The van der Waals surface area contributed by atoms with E-state index in [4.69, 9.17) is 0 Å². The second-order valence-electron chi connectivity index (χ2n) is 3.99. The van der Waals surface area contributed by atoms with Gasteiger partial charge in [0.15, 0.2) is 0 Å². The lowest BCUT2D eigenvalue weighted by Gasteiger charge is -2.29. The molecule has 0 bridgehead atoms. The second-order valence-corrected chi connectivity index (χ2v) is 5.96. The van der Waals surface area contributed by atoms with Gasteiger partial charge in [-0.3, -0.25) is 0 Å². The number of aromatic nitrogens is 1. The van der Waals surface area contributed by atoms with Gasteiger partial charge in [-0.25, -0.2) is 4.98 Å². The molecule has 78 valence electrons. The Labute approximate surface area is 100 Å². The fourth-order valence-electron chi connectivity index (χ4n) is 1.88. The minimum atomic E-state index is -0.103. The third-order valence-corrected chi connectivity index (χ3v) is 4.50. The quantitative estimate of drug-likeness (QED) is 0.871. The highest BCUT2D eigenvalue weighted by Gasteiger charge is 2.30. The average molecular weight is 284 g/mol. The van der Waals surface area contributed by atoms with Gasteiger partial charge in [0.2, 0.25) is 0 Å². The highest BCUT2D eigenvalue weighted by molar-refractivity contribution is 9.10. The molecular weight excluding hydrogens is 274 g/mol. The van der Waals surface area contributed by atoms with Crippen LogP contribution in [0.1, 0.15) is 23.8 Å². The number of nitrogens with zero attached hydrogens (tertiary/aromatic N) is 1. The van der Waals surface area contributed by atoms with Gasteiger partial charge in [0.25, 0.3) is 0 Å². The molecule has 0 radical (unpaired) electrons. The Morgan fingerprint density at radius 1 is 1.40 bits per heavy atom. The van der Waals surface area contributed by atoms with Crippen LogP contribution in [0.5, 0.6) is 0 Å². The lowest BCUT2D eigenvalue weighted by atomic mass is 9.83. The van der Waals surface area contributed by atoms with Gasteiger partial charge in [0, 0.05) is 10.4 Å². The molecule has 0 spiro atoms. The number of rotatable bonds is 1. The van der Waals surface area contributed by atoms with Crippen LogP contribution < -0.4 is 0 Å². The van der Waals surface area contributed by atoms with Crippen molar-refractivity contribution in [2.75, 3.05) is 0 Å². The molecule has 1 fully saturated rings. The van der Waals surface area contributed by atoms with Gasteiger partial charge in [0.1, 0.15) is 0 Å². The molecule has 3 rings (SSSR count). The van der Waals surface area contributed by atoms with Gasteiger partial charge in [-0.15, -0.1) is 11.3 Å². The van der Waals surface area contributed by atoms with E-state index in [0.717, 1.165) is 22.8 Å². The summed E-state index contributed by atoms with van der Waals surface area (Å²) in [5.74, 6) is 0.483. The van der Waals surface area contributed by atoms with Crippen molar-refractivity contribution in [2.24, 2.45) is 0 Å². The molecule has 0 aliphatic heterocycles. The van der Waals surface area contributed by atoms with Gasteiger partial charge >= 0.3 is 0 Å². The standard InChI is InChI=1S/C11H10BrNOS/c12-7-1-2-9-10(5-7)15-11(13-9)6-3-8(14)4-6/h1-2,5-6,8,14H,3-4H2/t6-,8+. The largest absolute Gasteiger partial charge is 0.393 e. The fourth-order valence-corrected chi connectivity index (χ4v) is 3.53. The smallest absolute Gasteiger partial charge is 0.0971 e. The maximum absolute atomic E-state index is 9.27. The first kappa shape index (κ1) is 9.75. The van der Waals surface area contributed by atoms with Crippen LogP contribution in [0.25, 0.3) is 10.2 Å². The van der Waals surface area contributed by atoms with Crippen LogP contribution in [-0.4, -0.2) is 16.2 Å². The number of thiazole rings is 1. The maximum atomic E-state index is 9.27. The topological polar surface area (TPSA) is 33.1 Å². The van der Waals surface area contributed by atoms with Gasteiger partial charge in [0.05, 0.1) is 21.3 Å². The van der Waals surface area contributed by atoms with Crippen LogP contribution in [0, 0.1) is 0 Å². The van der Waals surface area contributed by atoms with Gasteiger partial charge in [-0.2, -0.15) is 0 Å². The number of aliphatic hydroxyl groups excluding tert-OH is 1. The van der Waals surface area contributed by atoms with Gasteiger partial charge in [-0.05, 0) is 31.0 Å². The number of benzene rings is 1. The molecule has 0 atom stereocenters. The molecular formula is C11H10BrNOS. The molecule has 4 heteroatoms. The maximum Gasteiger partial charge on any atom is 0.0971 e. The van der Waals surface area contributed by atoms with Crippen molar-refractivity contribution in [3.8, 4) is 0 Å². The van der Waals surface area contributed by atoms with Crippen molar-refractivity contribution in [3.05, 3.63) is 27.7 Å². The minimum Gasteiger partial charge on any atom is -0.393 e. The Hall–Kier alpha value is -0.450. The molecule has 1 aromatic heterocycles. The fraction of sp³-hybridized carbons (Fsp3) is 0.364. The summed E-state index contributed by atoms with van der Waals surface area (Å²) in [5.41, 5.74) is 1.07. The van der Waals surface area contributed by atoms with Crippen LogP contribution in [0.3, 0.4) is 0 Å².